The lowest BCUT2D eigenvalue weighted by Gasteiger charge is -2.36. The van der Waals surface area contributed by atoms with Crippen LogP contribution in [0.25, 0.3) is 0 Å². The highest BCUT2D eigenvalue weighted by Gasteiger charge is 2.78. The largest absolute Gasteiger partial charge is 0.481 e. The van der Waals surface area contributed by atoms with E-state index in [9.17, 15) is 40.7 Å². The van der Waals surface area contributed by atoms with Crippen LogP contribution in [0.15, 0.2) is 24.3 Å². The van der Waals surface area contributed by atoms with Gasteiger partial charge in [-0.25, -0.2) is 0 Å². The molecule has 0 aromatic heterocycles. The summed E-state index contributed by atoms with van der Waals surface area (Å²) < 4.78 is 80.2. The second kappa shape index (κ2) is 6.54. The summed E-state index contributed by atoms with van der Waals surface area (Å²) in [6.07, 6.45) is -11.9. The fourth-order valence-corrected chi connectivity index (χ4v) is 3.08. The summed E-state index contributed by atoms with van der Waals surface area (Å²) in [5.41, 5.74) is -4.86. The van der Waals surface area contributed by atoms with E-state index in [1.54, 1.807) is 0 Å². The van der Waals surface area contributed by atoms with Crippen LogP contribution in [0.1, 0.15) is 27.6 Å². The highest BCUT2D eigenvalue weighted by atomic mass is 19.4. The SMILES string of the molecule is CC(=O)c1cccc(C(=O)N2CC(C(=O)O)C(C(F)(F)F)(C(F)(F)F)C2)c1. The van der Waals surface area contributed by atoms with Crippen molar-refractivity contribution in [2.45, 2.75) is 19.3 Å². The van der Waals surface area contributed by atoms with Gasteiger partial charge in [0.1, 0.15) is 0 Å². The van der Waals surface area contributed by atoms with E-state index in [-0.39, 0.29) is 16.0 Å². The Bertz CT molecular complexity index is 772. The number of carboxylic acids is 1. The molecule has 0 aliphatic carbocycles. The van der Waals surface area contributed by atoms with Crippen LogP contribution in [-0.2, 0) is 4.79 Å². The van der Waals surface area contributed by atoms with Crippen LogP contribution in [0.4, 0.5) is 26.3 Å². The average molecular weight is 397 g/mol. The van der Waals surface area contributed by atoms with Crippen molar-refractivity contribution in [3.63, 3.8) is 0 Å². The zero-order chi connectivity index (χ0) is 20.8. The molecule has 0 spiro atoms. The summed E-state index contributed by atoms with van der Waals surface area (Å²) in [6.45, 7) is -1.98. The van der Waals surface area contributed by atoms with Crippen LogP contribution < -0.4 is 0 Å². The van der Waals surface area contributed by atoms with Gasteiger partial charge in [-0.1, -0.05) is 12.1 Å². The van der Waals surface area contributed by atoms with E-state index in [4.69, 9.17) is 5.11 Å². The van der Waals surface area contributed by atoms with Gasteiger partial charge in [-0.05, 0) is 19.1 Å². The highest BCUT2D eigenvalue weighted by Crippen LogP contribution is 2.58. The van der Waals surface area contributed by atoms with Gasteiger partial charge in [0.05, 0.1) is 5.92 Å². The number of nitrogens with zero attached hydrogens (tertiary/aromatic N) is 1. The first kappa shape index (κ1) is 20.7. The van der Waals surface area contributed by atoms with Crippen molar-refractivity contribution in [2.75, 3.05) is 13.1 Å². The van der Waals surface area contributed by atoms with E-state index >= 15 is 0 Å². The first-order chi connectivity index (χ1) is 12.2. The Labute approximate surface area is 148 Å². The van der Waals surface area contributed by atoms with Gasteiger partial charge >= 0.3 is 18.3 Å². The summed E-state index contributed by atoms with van der Waals surface area (Å²) in [6, 6.07) is 4.71. The minimum Gasteiger partial charge on any atom is -0.481 e. The Morgan fingerprint density at radius 3 is 2.00 bits per heavy atom. The Kier molecular flexibility index (Phi) is 5.02. The summed E-state index contributed by atoms with van der Waals surface area (Å²) >= 11 is 0. The van der Waals surface area contributed by atoms with Crippen molar-refractivity contribution in [1.29, 1.82) is 0 Å². The number of carbonyl (C=O) groups excluding carboxylic acids is 2. The molecule has 1 amide bonds. The molecule has 0 saturated carbocycles. The molecular formula is C16H13F6NO4. The van der Waals surface area contributed by atoms with E-state index in [1.807, 2.05) is 0 Å². The third-order valence-corrected chi connectivity index (χ3v) is 4.55. The zero-order valence-corrected chi connectivity index (χ0v) is 13.7. The van der Waals surface area contributed by atoms with Gasteiger partial charge in [0.2, 0.25) is 0 Å². The van der Waals surface area contributed by atoms with Crippen molar-refractivity contribution in [1.82, 2.24) is 4.90 Å². The van der Waals surface area contributed by atoms with E-state index in [2.05, 4.69) is 0 Å². The maximum Gasteiger partial charge on any atom is 0.405 e. The molecule has 1 atom stereocenters. The molecule has 2 rings (SSSR count). The standard InChI is InChI=1S/C16H13F6NO4/c1-8(24)9-3-2-4-10(5-9)12(25)23-6-11(13(26)27)14(7-23,15(17,18)19)16(20,21)22/h2-5,11H,6-7H2,1H3,(H,26,27). The number of carboxylic acid groups (broad SMARTS) is 1. The number of halogens is 6. The van der Waals surface area contributed by atoms with Crippen molar-refractivity contribution in [3.05, 3.63) is 35.4 Å². The number of amides is 1. The van der Waals surface area contributed by atoms with Gasteiger partial charge in [0.15, 0.2) is 11.2 Å². The molecule has 0 bridgehead atoms. The van der Waals surface area contributed by atoms with Crippen molar-refractivity contribution < 1.29 is 45.8 Å². The normalized spacial score (nSPS) is 19.8. The van der Waals surface area contributed by atoms with Crippen LogP contribution in [0.5, 0.6) is 0 Å². The van der Waals surface area contributed by atoms with Gasteiger partial charge in [0, 0.05) is 24.2 Å². The van der Waals surface area contributed by atoms with Crippen LogP contribution in [-0.4, -0.2) is 53.1 Å². The van der Waals surface area contributed by atoms with Crippen LogP contribution in [0.2, 0.25) is 0 Å². The topological polar surface area (TPSA) is 74.7 Å². The van der Waals surface area contributed by atoms with Gasteiger partial charge in [-0.15, -0.1) is 0 Å². The van der Waals surface area contributed by atoms with E-state index in [0.717, 1.165) is 19.1 Å². The smallest absolute Gasteiger partial charge is 0.405 e. The van der Waals surface area contributed by atoms with Crippen molar-refractivity contribution >= 4 is 17.7 Å². The minimum absolute atomic E-state index is 0.0349. The number of Topliss-reactive ketones (excluding diaryl/α,β-unsaturated/α-hetero) is 1. The van der Waals surface area contributed by atoms with Gasteiger partial charge < -0.3 is 10.0 Å². The average Bonchev–Trinajstić information content (AvgIpc) is 2.96. The molecule has 1 unspecified atom stereocenters. The number of carbonyl (C=O) groups is 3. The molecule has 27 heavy (non-hydrogen) atoms. The Morgan fingerprint density at radius 2 is 1.59 bits per heavy atom. The molecular weight excluding hydrogens is 384 g/mol. The van der Waals surface area contributed by atoms with Crippen LogP contribution in [0.3, 0.4) is 0 Å². The highest BCUT2D eigenvalue weighted by molar-refractivity contribution is 6.00. The first-order valence-corrected chi connectivity index (χ1v) is 7.49. The molecule has 1 aliphatic heterocycles. The van der Waals surface area contributed by atoms with Gasteiger partial charge in [0.25, 0.3) is 5.91 Å². The zero-order valence-electron chi connectivity index (χ0n) is 13.7. The minimum atomic E-state index is -5.94. The lowest BCUT2D eigenvalue weighted by molar-refractivity contribution is -0.346. The molecule has 1 saturated heterocycles. The number of likely N-dealkylation sites (tertiary alicyclic amines) is 1. The quantitative estimate of drug-likeness (QED) is 0.628. The Morgan fingerprint density at radius 1 is 1.07 bits per heavy atom. The number of hydrogen-bond acceptors (Lipinski definition) is 3. The maximum absolute atomic E-state index is 13.4. The third kappa shape index (κ3) is 3.37. The van der Waals surface area contributed by atoms with Crippen LogP contribution in [0, 0.1) is 11.3 Å². The number of benzene rings is 1. The molecule has 1 aromatic rings. The monoisotopic (exact) mass is 397 g/mol. The Hall–Kier alpha value is -2.59. The molecule has 1 fully saturated rings. The number of ketones is 1. The number of aliphatic carboxylic acids is 1. The molecule has 5 nitrogen and oxygen atoms in total. The summed E-state index contributed by atoms with van der Waals surface area (Å²) in [5.74, 6) is -6.90. The predicted octanol–water partition coefficient (Wildman–Crippen LogP) is 3.16. The number of alkyl halides is 6. The molecule has 1 N–H and O–H groups in total. The molecule has 1 heterocycles. The molecule has 11 heteroatoms. The summed E-state index contributed by atoms with van der Waals surface area (Å²) in [4.78, 5) is 35.2. The van der Waals surface area contributed by atoms with E-state index in [0.29, 0.717) is 0 Å². The van der Waals surface area contributed by atoms with Crippen molar-refractivity contribution in [2.24, 2.45) is 11.3 Å². The fraction of sp³-hybridized carbons (Fsp3) is 0.438. The van der Waals surface area contributed by atoms with Crippen LogP contribution >= 0.6 is 0 Å². The van der Waals surface area contributed by atoms with Gasteiger partial charge in [-0.2, -0.15) is 26.3 Å². The molecule has 1 aliphatic rings. The Balaban J connectivity index is 2.50. The van der Waals surface area contributed by atoms with Gasteiger partial charge in [-0.3, -0.25) is 14.4 Å². The summed E-state index contributed by atoms with van der Waals surface area (Å²) in [7, 11) is 0. The summed E-state index contributed by atoms with van der Waals surface area (Å²) in [5, 5.41) is 8.98. The second-order valence-corrected chi connectivity index (χ2v) is 6.18. The van der Waals surface area contributed by atoms with Crippen molar-refractivity contribution in [3.8, 4) is 0 Å². The molecule has 148 valence electrons. The van der Waals surface area contributed by atoms with E-state index < -0.39 is 54.4 Å². The molecule has 1 aromatic carbocycles. The lowest BCUT2D eigenvalue weighted by atomic mass is 9.76. The third-order valence-electron chi connectivity index (χ3n) is 4.55. The lowest BCUT2D eigenvalue weighted by Crippen LogP contribution is -2.57. The fourth-order valence-electron chi connectivity index (χ4n) is 3.08. The molecule has 0 radical (unpaired) electrons. The van der Waals surface area contributed by atoms with E-state index in [1.165, 1.54) is 12.1 Å². The number of rotatable bonds is 3. The maximum atomic E-state index is 13.4. The first-order valence-electron chi connectivity index (χ1n) is 7.49. The second-order valence-electron chi connectivity index (χ2n) is 6.18. The predicted molar refractivity (Wildman–Crippen MR) is 78.0 cm³/mol. The number of hydrogen-bond donors (Lipinski definition) is 1.